The lowest BCUT2D eigenvalue weighted by Gasteiger charge is -2.00. The van der Waals surface area contributed by atoms with Crippen molar-refractivity contribution in [2.45, 2.75) is 0 Å². The summed E-state index contributed by atoms with van der Waals surface area (Å²) in [5, 5.41) is 2.89. The highest BCUT2D eigenvalue weighted by molar-refractivity contribution is 5.86. The summed E-state index contributed by atoms with van der Waals surface area (Å²) in [7, 11) is 0. The molecule has 0 bridgehead atoms. The Hall–Kier alpha value is -2.56. The highest BCUT2D eigenvalue weighted by atomic mass is 19.1. The zero-order valence-electron chi connectivity index (χ0n) is 9.35. The summed E-state index contributed by atoms with van der Waals surface area (Å²) in [4.78, 5) is 4.21. The molecule has 1 heterocycles. The van der Waals surface area contributed by atoms with Gasteiger partial charge in [0.15, 0.2) is 5.58 Å². The van der Waals surface area contributed by atoms with Gasteiger partial charge in [-0.2, -0.15) is 4.98 Å². The van der Waals surface area contributed by atoms with Crippen LogP contribution in [0, 0.1) is 5.82 Å². The maximum absolute atomic E-state index is 13.0. The van der Waals surface area contributed by atoms with Gasteiger partial charge in [0.05, 0.1) is 5.69 Å². The molecule has 3 rings (SSSR count). The molecule has 0 aliphatic heterocycles. The topological polar surface area (TPSA) is 64.1 Å². The van der Waals surface area contributed by atoms with Crippen LogP contribution >= 0.6 is 0 Å². The quantitative estimate of drug-likeness (QED) is 0.678. The van der Waals surface area contributed by atoms with Crippen molar-refractivity contribution in [1.82, 2.24) is 4.98 Å². The molecule has 0 unspecified atom stereocenters. The van der Waals surface area contributed by atoms with Gasteiger partial charge >= 0.3 is 0 Å². The van der Waals surface area contributed by atoms with E-state index in [0.717, 1.165) is 0 Å². The fourth-order valence-electron chi connectivity index (χ4n) is 1.71. The van der Waals surface area contributed by atoms with Gasteiger partial charge in [-0.25, -0.2) is 4.39 Å². The van der Waals surface area contributed by atoms with Gasteiger partial charge in [0.1, 0.15) is 11.3 Å². The van der Waals surface area contributed by atoms with Crippen molar-refractivity contribution in [3.63, 3.8) is 0 Å². The van der Waals surface area contributed by atoms with Crippen LogP contribution in [0.15, 0.2) is 46.9 Å². The summed E-state index contributed by atoms with van der Waals surface area (Å²) in [6.45, 7) is 0. The molecule has 1 aromatic heterocycles. The van der Waals surface area contributed by atoms with Crippen LogP contribution in [0.2, 0.25) is 0 Å². The van der Waals surface area contributed by atoms with Crippen molar-refractivity contribution in [3.05, 3.63) is 48.3 Å². The minimum absolute atomic E-state index is 0.286. The maximum Gasteiger partial charge on any atom is 0.300 e. The van der Waals surface area contributed by atoms with E-state index in [9.17, 15) is 4.39 Å². The third-order valence-corrected chi connectivity index (χ3v) is 2.53. The van der Waals surface area contributed by atoms with Crippen LogP contribution in [0.5, 0.6) is 0 Å². The second-order valence-electron chi connectivity index (χ2n) is 3.85. The normalized spacial score (nSPS) is 10.7. The number of anilines is 3. The van der Waals surface area contributed by atoms with Crippen LogP contribution in [0.4, 0.5) is 21.8 Å². The van der Waals surface area contributed by atoms with Gasteiger partial charge in [0, 0.05) is 5.69 Å². The third kappa shape index (κ3) is 1.86. The molecule has 5 heteroatoms. The highest BCUT2D eigenvalue weighted by Crippen LogP contribution is 2.25. The van der Waals surface area contributed by atoms with E-state index in [0.29, 0.717) is 22.5 Å². The highest BCUT2D eigenvalue weighted by Gasteiger charge is 2.08. The number of nitrogens with zero attached hydrogens (tertiary/aromatic N) is 1. The van der Waals surface area contributed by atoms with Gasteiger partial charge in [-0.3, -0.25) is 0 Å². The van der Waals surface area contributed by atoms with Gasteiger partial charge in [0.25, 0.3) is 6.01 Å². The lowest BCUT2D eigenvalue weighted by atomic mass is 10.3. The van der Waals surface area contributed by atoms with Gasteiger partial charge in [0.2, 0.25) is 0 Å². The van der Waals surface area contributed by atoms with Gasteiger partial charge in [-0.1, -0.05) is 12.1 Å². The van der Waals surface area contributed by atoms with Crippen molar-refractivity contribution < 1.29 is 8.81 Å². The first-order chi connectivity index (χ1) is 8.72. The monoisotopic (exact) mass is 243 g/mol. The molecule has 18 heavy (non-hydrogen) atoms. The van der Waals surface area contributed by atoms with E-state index in [4.69, 9.17) is 10.2 Å². The number of halogens is 1. The summed E-state index contributed by atoms with van der Waals surface area (Å²) < 4.78 is 18.5. The van der Waals surface area contributed by atoms with E-state index in [-0.39, 0.29) is 11.8 Å². The molecule has 3 N–H and O–H groups in total. The number of hydrogen-bond acceptors (Lipinski definition) is 4. The lowest BCUT2D eigenvalue weighted by Crippen LogP contribution is -1.91. The van der Waals surface area contributed by atoms with Crippen LogP contribution in [-0.4, -0.2) is 4.98 Å². The standard InChI is InChI=1S/C13H10FN3O/c14-8-3-1-4-9(7-8)16-13-17-12-10(15)5-2-6-11(12)18-13/h1-7H,15H2,(H,16,17). The predicted octanol–water partition coefficient (Wildman–Crippen LogP) is 3.29. The van der Waals surface area contributed by atoms with Crippen LogP contribution < -0.4 is 11.1 Å². The zero-order chi connectivity index (χ0) is 12.5. The number of nitrogens with two attached hydrogens (primary N) is 1. The average Bonchev–Trinajstić information content (AvgIpc) is 2.73. The van der Waals surface area contributed by atoms with E-state index in [1.807, 2.05) is 0 Å². The van der Waals surface area contributed by atoms with E-state index >= 15 is 0 Å². The van der Waals surface area contributed by atoms with Gasteiger partial charge < -0.3 is 15.5 Å². The molecule has 0 atom stereocenters. The first-order valence-electron chi connectivity index (χ1n) is 5.40. The van der Waals surface area contributed by atoms with Crippen LogP contribution in [-0.2, 0) is 0 Å². The van der Waals surface area contributed by atoms with Crippen LogP contribution in [0.25, 0.3) is 11.1 Å². The molecule has 0 spiro atoms. The smallest absolute Gasteiger partial charge is 0.300 e. The Morgan fingerprint density at radius 3 is 2.78 bits per heavy atom. The summed E-state index contributed by atoms with van der Waals surface area (Å²) >= 11 is 0. The number of nitrogens with one attached hydrogen (secondary N) is 1. The summed E-state index contributed by atoms with van der Waals surface area (Å²) in [6.07, 6.45) is 0. The largest absolute Gasteiger partial charge is 0.423 e. The molecule has 0 aliphatic rings. The minimum Gasteiger partial charge on any atom is -0.423 e. The molecule has 0 aliphatic carbocycles. The summed E-state index contributed by atoms with van der Waals surface area (Å²) in [5.41, 5.74) is 8.08. The third-order valence-electron chi connectivity index (χ3n) is 2.53. The van der Waals surface area contributed by atoms with E-state index in [1.54, 1.807) is 30.3 Å². The average molecular weight is 243 g/mol. The molecule has 0 radical (unpaired) electrons. The van der Waals surface area contributed by atoms with E-state index in [1.165, 1.54) is 12.1 Å². The molecule has 90 valence electrons. The number of benzene rings is 2. The maximum atomic E-state index is 13.0. The predicted molar refractivity (Wildman–Crippen MR) is 68.1 cm³/mol. The van der Waals surface area contributed by atoms with Crippen molar-refractivity contribution in [2.75, 3.05) is 11.1 Å². The first kappa shape index (κ1) is 10.6. The Kier molecular flexibility index (Phi) is 2.37. The van der Waals surface area contributed by atoms with Gasteiger partial charge in [-0.15, -0.1) is 0 Å². The zero-order valence-corrected chi connectivity index (χ0v) is 9.35. The van der Waals surface area contributed by atoms with Crippen molar-refractivity contribution in [1.29, 1.82) is 0 Å². The second kappa shape index (κ2) is 4.03. The van der Waals surface area contributed by atoms with Crippen molar-refractivity contribution >= 4 is 28.5 Å². The Morgan fingerprint density at radius 2 is 2.00 bits per heavy atom. The number of oxazole rings is 1. The molecule has 3 aromatic rings. The van der Waals surface area contributed by atoms with E-state index in [2.05, 4.69) is 10.3 Å². The molecular formula is C13H10FN3O. The molecule has 0 saturated heterocycles. The first-order valence-corrected chi connectivity index (χ1v) is 5.40. The van der Waals surface area contributed by atoms with Crippen LogP contribution in [0.1, 0.15) is 0 Å². The summed E-state index contributed by atoms with van der Waals surface area (Å²) in [5.74, 6) is -0.323. The number of nitrogen functional groups attached to an aromatic ring is 1. The SMILES string of the molecule is Nc1cccc2oc(Nc3cccc(F)c3)nc12. The summed E-state index contributed by atoms with van der Waals surface area (Å²) in [6, 6.07) is 11.7. The van der Waals surface area contributed by atoms with Crippen LogP contribution in [0.3, 0.4) is 0 Å². The Bertz CT molecular complexity index is 708. The second-order valence-corrected chi connectivity index (χ2v) is 3.85. The fraction of sp³-hybridized carbons (Fsp3) is 0. The Labute approximate surface area is 102 Å². The van der Waals surface area contributed by atoms with E-state index < -0.39 is 0 Å². The molecule has 0 fully saturated rings. The lowest BCUT2D eigenvalue weighted by molar-refractivity contribution is 0.620. The molecular weight excluding hydrogens is 233 g/mol. The molecule has 4 nitrogen and oxygen atoms in total. The fourth-order valence-corrected chi connectivity index (χ4v) is 1.71. The van der Waals surface area contributed by atoms with Crippen molar-refractivity contribution in [2.24, 2.45) is 0 Å². The Balaban J connectivity index is 1.98. The van der Waals surface area contributed by atoms with Crippen molar-refractivity contribution in [3.8, 4) is 0 Å². The molecule has 2 aromatic carbocycles. The molecule has 0 saturated carbocycles. The number of aromatic nitrogens is 1. The number of rotatable bonds is 2. The number of hydrogen-bond donors (Lipinski definition) is 2. The number of fused-ring (bicyclic) bond motifs is 1. The van der Waals surface area contributed by atoms with Gasteiger partial charge in [-0.05, 0) is 30.3 Å². The molecule has 0 amide bonds. The number of para-hydroxylation sites is 1. The Morgan fingerprint density at radius 1 is 1.17 bits per heavy atom. The minimum atomic E-state index is -0.323.